The number of rotatable bonds is 9. The van der Waals surface area contributed by atoms with E-state index in [1.165, 1.54) is 11.8 Å². The number of para-hydroxylation sites is 1. The highest BCUT2D eigenvalue weighted by Gasteiger charge is 2.17. The lowest BCUT2D eigenvalue weighted by molar-refractivity contribution is -0.123. The van der Waals surface area contributed by atoms with Crippen molar-refractivity contribution < 1.29 is 9.53 Å². The van der Waals surface area contributed by atoms with Crippen molar-refractivity contribution in [3.63, 3.8) is 0 Å². The van der Waals surface area contributed by atoms with Crippen LogP contribution in [0.1, 0.15) is 11.4 Å². The van der Waals surface area contributed by atoms with E-state index >= 15 is 0 Å². The summed E-state index contributed by atoms with van der Waals surface area (Å²) in [6.07, 6.45) is 0. The van der Waals surface area contributed by atoms with E-state index < -0.39 is 0 Å². The van der Waals surface area contributed by atoms with Gasteiger partial charge in [0.1, 0.15) is 5.75 Å². The molecule has 0 aliphatic rings. The van der Waals surface area contributed by atoms with Crippen LogP contribution in [0.15, 0.2) is 82.4 Å². The van der Waals surface area contributed by atoms with Crippen molar-refractivity contribution in [2.75, 3.05) is 6.61 Å². The number of amides is 1. The van der Waals surface area contributed by atoms with Gasteiger partial charge < -0.3 is 10.1 Å². The smallest absolute Gasteiger partial charge is 0.258 e. The number of aromatic nitrogens is 3. The number of nitrogens with one attached hydrogen (secondary N) is 1. The average Bonchev–Trinajstić information content (AvgIpc) is 3.26. The zero-order valence-electron chi connectivity index (χ0n) is 17.7. The van der Waals surface area contributed by atoms with Gasteiger partial charge in [-0.05, 0) is 48.0 Å². The molecule has 3 aromatic carbocycles. The van der Waals surface area contributed by atoms with Crippen molar-refractivity contribution in [2.24, 2.45) is 0 Å². The second kappa shape index (κ2) is 11.8. The lowest BCUT2D eigenvalue weighted by Crippen LogP contribution is -2.29. The van der Waals surface area contributed by atoms with Crippen LogP contribution < -0.4 is 10.1 Å². The van der Waals surface area contributed by atoms with E-state index in [4.69, 9.17) is 27.9 Å². The van der Waals surface area contributed by atoms with Crippen LogP contribution in [0.3, 0.4) is 0 Å². The Bertz CT molecular complexity index is 1270. The van der Waals surface area contributed by atoms with Gasteiger partial charge in [-0.3, -0.25) is 9.36 Å². The SMILES string of the molecule is O=C(COc1ccccc1)NCc1nnc(SCc2ccc(Br)cc2)n1-c1ccc(Cl)c(Cl)c1. The quantitative estimate of drug-likeness (QED) is 0.236. The van der Waals surface area contributed by atoms with E-state index in [0.717, 1.165) is 15.7 Å². The number of hydrogen-bond acceptors (Lipinski definition) is 5. The molecule has 0 radical (unpaired) electrons. The number of benzene rings is 3. The second-order valence-electron chi connectivity index (χ2n) is 7.13. The summed E-state index contributed by atoms with van der Waals surface area (Å²) in [5.41, 5.74) is 1.90. The highest BCUT2D eigenvalue weighted by molar-refractivity contribution is 9.10. The number of halogens is 3. The number of nitrogens with zero attached hydrogens (tertiary/aromatic N) is 3. The number of carbonyl (C=O) groups is 1. The lowest BCUT2D eigenvalue weighted by Gasteiger charge is -2.12. The predicted molar refractivity (Wildman–Crippen MR) is 139 cm³/mol. The summed E-state index contributed by atoms with van der Waals surface area (Å²) in [4.78, 5) is 12.3. The second-order valence-corrected chi connectivity index (χ2v) is 9.80. The lowest BCUT2D eigenvalue weighted by atomic mass is 10.2. The van der Waals surface area contributed by atoms with Gasteiger partial charge in [0.15, 0.2) is 17.6 Å². The van der Waals surface area contributed by atoms with Gasteiger partial charge in [-0.15, -0.1) is 10.2 Å². The molecule has 0 aliphatic heterocycles. The Kier molecular flexibility index (Phi) is 8.50. The number of thioether (sulfide) groups is 1. The molecule has 1 amide bonds. The molecule has 34 heavy (non-hydrogen) atoms. The highest BCUT2D eigenvalue weighted by atomic mass is 79.9. The third kappa shape index (κ3) is 6.54. The molecule has 0 saturated heterocycles. The van der Waals surface area contributed by atoms with Gasteiger partial charge in [0.2, 0.25) is 0 Å². The normalized spacial score (nSPS) is 10.8. The molecule has 1 aromatic heterocycles. The number of ether oxygens (including phenoxy) is 1. The Balaban J connectivity index is 1.49. The molecule has 0 fully saturated rings. The summed E-state index contributed by atoms with van der Waals surface area (Å²) in [5.74, 6) is 1.62. The van der Waals surface area contributed by atoms with Crippen molar-refractivity contribution in [1.82, 2.24) is 20.1 Å². The molecule has 0 unspecified atom stereocenters. The van der Waals surface area contributed by atoms with E-state index in [9.17, 15) is 4.79 Å². The van der Waals surface area contributed by atoms with Crippen LogP contribution >= 0.6 is 50.9 Å². The van der Waals surface area contributed by atoms with Crippen LogP contribution in [0.4, 0.5) is 0 Å². The molecule has 0 saturated carbocycles. The molecular weight excluding hydrogens is 559 g/mol. The molecule has 4 aromatic rings. The van der Waals surface area contributed by atoms with Crippen molar-refractivity contribution in [3.8, 4) is 11.4 Å². The third-order valence-corrected chi connectivity index (χ3v) is 6.97. The van der Waals surface area contributed by atoms with Crippen molar-refractivity contribution in [3.05, 3.63) is 98.7 Å². The Hall–Kier alpha value is -2.52. The maximum absolute atomic E-state index is 12.3. The van der Waals surface area contributed by atoms with Gasteiger partial charge in [-0.2, -0.15) is 0 Å². The molecule has 0 aliphatic carbocycles. The molecular formula is C24H19BrCl2N4O2S. The minimum atomic E-state index is -0.267. The summed E-state index contributed by atoms with van der Waals surface area (Å²) >= 11 is 17.4. The first-order valence-corrected chi connectivity index (χ1v) is 12.7. The van der Waals surface area contributed by atoms with Gasteiger partial charge in [0.25, 0.3) is 5.91 Å². The molecule has 6 nitrogen and oxygen atoms in total. The van der Waals surface area contributed by atoms with E-state index in [2.05, 4.69) is 31.4 Å². The first-order valence-electron chi connectivity index (χ1n) is 10.2. The van der Waals surface area contributed by atoms with Gasteiger partial charge >= 0.3 is 0 Å². The van der Waals surface area contributed by atoms with Crippen molar-refractivity contribution in [2.45, 2.75) is 17.5 Å². The summed E-state index contributed by atoms with van der Waals surface area (Å²) < 4.78 is 8.39. The van der Waals surface area contributed by atoms with Crippen LogP contribution in [0.2, 0.25) is 10.0 Å². The number of carbonyl (C=O) groups excluding carboxylic acids is 1. The largest absolute Gasteiger partial charge is 0.484 e. The van der Waals surface area contributed by atoms with Crippen molar-refractivity contribution >= 4 is 56.8 Å². The zero-order chi connectivity index (χ0) is 23.9. The molecule has 1 heterocycles. The van der Waals surface area contributed by atoms with Gasteiger partial charge in [-0.25, -0.2) is 0 Å². The Morgan fingerprint density at radius 1 is 1.00 bits per heavy atom. The summed E-state index contributed by atoms with van der Waals surface area (Å²) in [6.45, 7) is 0.0686. The van der Waals surface area contributed by atoms with Gasteiger partial charge in [0, 0.05) is 10.2 Å². The topological polar surface area (TPSA) is 69.0 Å². The molecule has 0 spiro atoms. The fourth-order valence-electron chi connectivity index (χ4n) is 3.01. The maximum Gasteiger partial charge on any atom is 0.258 e. The highest BCUT2D eigenvalue weighted by Crippen LogP contribution is 2.29. The zero-order valence-corrected chi connectivity index (χ0v) is 21.7. The van der Waals surface area contributed by atoms with E-state index in [1.807, 2.05) is 53.1 Å². The van der Waals surface area contributed by atoms with Gasteiger partial charge in [-0.1, -0.05) is 81.2 Å². The van der Waals surface area contributed by atoms with E-state index in [0.29, 0.717) is 32.5 Å². The van der Waals surface area contributed by atoms with Crippen LogP contribution in [0.5, 0.6) is 5.75 Å². The average molecular weight is 578 g/mol. The van der Waals surface area contributed by atoms with E-state index in [-0.39, 0.29) is 19.1 Å². The van der Waals surface area contributed by atoms with Crippen LogP contribution in [-0.4, -0.2) is 27.3 Å². The molecule has 0 atom stereocenters. The summed E-state index contributed by atoms with van der Waals surface area (Å²) in [6, 6.07) is 22.6. The molecule has 4 rings (SSSR count). The van der Waals surface area contributed by atoms with Crippen LogP contribution in [0, 0.1) is 0 Å². The minimum absolute atomic E-state index is 0.101. The summed E-state index contributed by atoms with van der Waals surface area (Å²) in [5, 5.41) is 13.1. The summed E-state index contributed by atoms with van der Waals surface area (Å²) in [7, 11) is 0. The molecule has 0 bridgehead atoms. The van der Waals surface area contributed by atoms with Crippen LogP contribution in [-0.2, 0) is 17.1 Å². The molecule has 174 valence electrons. The fraction of sp³-hybridized carbons (Fsp3) is 0.125. The van der Waals surface area contributed by atoms with E-state index in [1.54, 1.807) is 24.3 Å². The maximum atomic E-state index is 12.3. The Labute approximate surface area is 219 Å². The monoisotopic (exact) mass is 576 g/mol. The third-order valence-electron chi connectivity index (χ3n) is 4.70. The van der Waals surface area contributed by atoms with Crippen molar-refractivity contribution in [1.29, 1.82) is 0 Å². The molecule has 1 N–H and O–H groups in total. The Morgan fingerprint density at radius 2 is 1.76 bits per heavy atom. The minimum Gasteiger partial charge on any atom is -0.484 e. The number of hydrogen-bond donors (Lipinski definition) is 1. The first kappa shape index (κ1) is 24.6. The first-order chi connectivity index (χ1) is 16.5. The van der Waals surface area contributed by atoms with Crippen LogP contribution in [0.25, 0.3) is 5.69 Å². The molecule has 10 heteroatoms. The van der Waals surface area contributed by atoms with Gasteiger partial charge in [0.05, 0.1) is 22.3 Å². The Morgan fingerprint density at radius 3 is 2.50 bits per heavy atom. The standard InChI is InChI=1S/C24H19BrCl2N4O2S/c25-17-8-6-16(7-9-17)15-34-24-30-29-22(31(24)18-10-11-20(26)21(27)12-18)13-28-23(32)14-33-19-4-2-1-3-5-19/h1-12H,13-15H2,(H,28,32). The fourth-order valence-corrected chi connectivity index (χ4v) is 4.50. The predicted octanol–water partition coefficient (Wildman–Crippen LogP) is 6.32.